The fourth-order valence-electron chi connectivity index (χ4n) is 2.12. The van der Waals surface area contributed by atoms with Crippen LogP contribution in [0.5, 0.6) is 0 Å². The lowest BCUT2D eigenvalue weighted by molar-refractivity contribution is 0.606. The van der Waals surface area contributed by atoms with Crippen molar-refractivity contribution >= 4 is 17.4 Å². The first-order chi connectivity index (χ1) is 8.22. The molecule has 0 radical (unpaired) electrons. The quantitative estimate of drug-likeness (QED) is 0.893. The van der Waals surface area contributed by atoms with Gasteiger partial charge in [-0.2, -0.15) is 11.8 Å². The second-order valence-electron chi connectivity index (χ2n) is 4.31. The highest BCUT2D eigenvalue weighted by Crippen LogP contribution is 2.29. The Bertz CT molecular complexity index is 378. The van der Waals surface area contributed by atoms with Crippen LogP contribution < -0.4 is 10.2 Å². The van der Waals surface area contributed by atoms with E-state index in [1.165, 1.54) is 5.69 Å². The van der Waals surface area contributed by atoms with Gasteiger partial charge in [-0.05, 0) is 37.7 Å². The highest BCUT2D eigenvalue weighted by atomic mass is 32.2. The van der Waals surface area contributed by atoms with Crippen molar-refractivity contribution in [1.29, 1.82) is 0 Å². The summed E-state index contributed by atoms with van der Waals surface area (Å²) in [6.07, 6.45) is 0. The number of nitrogens with zero attached hydrogens (tertiary/aromatic N) is 1. The van der Waals surface area contributed by atoms with E-state index in [1.54, 1.807) is 12.1 Å². The Hall–Kier alpha value is -0.740. The highest BCUT2D eigenvalue weighted by Gasteiger charge is 2.17. The summed E-state index contributed by atoms with van der Waals surface area (Å²) >= 11 is 1.99. The number of rotatable bonds is 3. The number of halogens is 1. The molecule has 1 fully saturated rings. The van der Waals surface area contributed by atoms with Crippen LogP contribution in [0.25, 0.3) is 0 Å². The molecule has 0 spiro atoms. The Morgan fingerprint density at radius 1 is 1.35 bits per heavy atom. The number of hydrogen-bond donors (Lipinski definition) is 1. The summed E-state index contributed by atoms with van der Waals surface area (Å²) in [6, 6.07) is 5.30. The Morgan fingerprint density at radius 3 is 2.71 bits per heavy atom. The van der Waals surface area contributed by atoms with Crippen LogP contribution in [0.1, 0.15) is 18.5 Å². The van der Waals surface area contributed by atoms with Gasteiger partial charge in [-0.3, -0.25) is 0 Å². The predicted octanol–water partition coefficient (Wildman–Crippen LogP) is 2.66. The minimum absolute atomic E-state index is 0.155. The fourth-order valence-corrected chi connectivity index (χ4v) is 3.02. The van der Waals surface area contributed by atoms with E-state index < -0.39 is 0 Å². The van der Waals surface area contributed by atoms with Crippen LogP contribution in [0.4, 0.5) is 10.1 Å². The highest BCUT2D eigenvalue weighted by molar-refractivity contribution is 7.99. The van der Waals surface area contributed by atoms with Gasteiger partial charge >= 0.3 is 0 Å². The van der Waals surface area contributed by atoms with Crippen molar-refractivity contribution in [2.45, 2.75) is 13.0 Å². The van der Waals surface area contributed by atoms with Crippen molar-refractivity contribution in [3.8, 4) is 0 Å². The topological polar surface area (TPSA) is 15.3 Å². The summed E-state index contributed by atoms with van der Waals surface area (Å²) in [4.78, 5) is 2.36. The van der Waals surface area contributed by atoms with E-state index >= 15 is 0 Å². The Balaban J connectivity index is 2.30. The lowest BCUT2D eigenvalue weighted by atomic mass is 10.0. The van der Waals surface area contributed by atoms with Crippen LogP contribution in [0, 0.1) is 5.82 Å². The van der Waals surface area contributed by atoms with Crippen molar-refractivity contribution in [2.75, 3.05) is 36.5 Å². The lowest BCUT2D eigenvalue weighted by Gasteiger charge is -2.31. The minimum atomic E-state index is -0.155. The van der Waals surface area contributed by atoms with Crippen molar-refractivity contribution < 1.29 is 4.39 Å². The van der Waals surface area contributed by atoms with Crippen LogP contribution in [0.2, 0.25) is 0 Å². The molecular formula is C13H19FN2S. The van der Waals surface area contributed by atoms with E-state index in [1.807, 2.05) is 24.9 Å². The molecule has 0 bridgehead atoms. The van der Waals surface area contributed by atoms with Crippen LogP contribution in [-0.4, -0.2) is 31.6 Å². The molecule has 0 aliphatic carbocycles. The van der Waals surface area contributed by atoms with Gasteiger partial charge in [0.25, 0.3) is 0 Å². The predicted molar refractivity (Wildman–Crippen MR) is 73.4 cm³/mol. The monoisotopic (exact) mass is 254 g/mol. The van der Waals surface area contributed by atoms with E-state index in [-0.39, 0.29) is 11.9 Å². The van der Waals surface area contributed by atoms with Crippen LogP contribution in [-0.2, 0) is 0 Å². The first-order valence-electron chi connectivity index (χ1n) is 6.02. The molecule has 1 aromatic carbocycles. The molecule has 1 aliphatic heterocycles. The number of hydrogen-bond acceptors (Lipinski definition) is 3. The second-order valence-corrected chi connectivity index (χ2v) is 5.54. The fraction of sp³-hybridized carbons (Fsp3) is 0.538. The van der Waals surface area contributed by atoms with Crippen molar-refractivity contribution in [2.24, 2.45) is 0 Å². The average molecular weight is 254 g/mol. The maximum Gasteiger partial charge on any atom is 0.123 e. The molecule has 1 atom stereocenters. The van der Waals surface area contributed by atoms with Gasteiger partial charge < -0.3 is 10.2 Å². The van der Waals surface area contributed by atoms with E-state index in [2.05, 4.69) is 17.1 Å². The summed E-state index contributed by atoms with van der Waals surface area (Å²) < 4.78 is 13.4. The Labute approximate surface area is 107 Å². The molecule has 1 aromatic rings. The van der Waals surface area contributed by atoms with Gasteiger partial charge in [0.15, 0.2) is 0 Å². The SMILES string of the molecule is CNC(C)c1cc(F)ccc1N1CCSCC1. The number of thioether (sulfide) groups is 1. The molecule has 2 rings (SSSR count). The van der Waals surface area contributed by atoms with Gasteiger partial charge in [0.05, 0.1) is 0 Å². The second kappa shape index (κ2) is 5.74. The van der Waals surface area contributed by atoms with Crippen molar-refractivity contribution in [1.82, 2.24) is 5.32 Å². The molecule has 1 saturated heterocycles. The van der Waals surface area contributed by atoms with Gasteiger partial charge in [-0.1, -0.05) is 0 Å². The molecule has 0 saturated carbocycles. The van der Waals surface area contributed by atoms with Gasteiger partial charge in [-0.25, -0.2) is 4.39 Å². The Morgan fingerprint density at radius 2 is 2.06 bits per heavy atom. The molecule has 0 amide bonds. The van der Waals surface area contributed by atoms with Crippen LogP contribution in [0.15, 0.2) is 18.2 Å². The third-order valence-corrected chi connectivity index (χ3v) is 4.18. The Kier molecular flexibility index (Phi) is 4.29. The van der Waals surface area contributed by atoms with Gasteiger partial charge in [0.2, 0.25) is 0 Å². The van der Waals surface area contributed by atoms with Crippen molar-refractivity contribution in [3.63, 3.8) is 0 Å². The largest absolute Gasteiger partial charge is 0.370 e. The first kappa shape index (κ1) is 12.7. The zero-order chi connectivity index (χ0) is 12.3. The van der Waals surface area contributed by atoms with E-state index in [0.29, 0.717) is 0 Å². The summed E-state index contributed by atoms with van der Waals surface area (Å²) in [5.41, 5.74) is 2.23. The molecule has 94 valence electrons. The zero-order valence-corrected chi connectivity index (χ0v) is 11.2. The molecule has 2 nitrogen and oxygen atoms in total. The standard InChI is InChI=1S/C13H19FN2S/c1-10(15-2)12-9-11(14)3-4-13(12)16-5-7-17-8-6-16/h3-4,9-10,15H,5-8H2,1-2H3. The third-order valence-electron chi connectivity index (χ3n) is 3.24. The van der Waals surface area contributed by atoms with Crippen LogP contribution >= 0.6 is 11.8 Å². The molecule has 1 N–H and O–H groups in total. The molecule has 17 heavy (non-hydrogen) atoms. The normalized spacial score (nSPS) is 18.2. The molecule has 1 aliphatic rings. The van der Waals surface area contributed by atoms with Gasteiger partial charge in [0.1, 0.15) is 5.82 Å². The minimum Gasteiger partial charge on any atom is -0.370 e. The summed E-state index contributed by atoms with van der Waals surface area (Å²) in [7, 11) is 1.91. The third kappa shape index (κ3) is 2.93. The maximum absolute atomic E-state index is 13.4. The van der Waals surface area contributed by atoms with Crippen molar-refractivity contribution in [3.05, 3.63) is 29.6 Å². The molecule has 1 heterocycles. The van der Waals surface area contributed by atoms with E-state index in [0.717, 1.165) is 30.2 Å². The molecule has 1 unspecified atom stereocenters. The molecule has 0 aromatic heterocycles. The smallest absolute Gasteiger partial charge is 0.123 e. The van der Waals surface area contributed by atoms with Gasteiger partial charge in [0, 0.05) is 36.3 Å². The maximum atomic E-state index is 13.4. The number of benzene rings is 1. The zero-order valence-electron chi connectivity index (χ0n) is 10.4. The van der Waals surface area contributed by atoms with E-state index in [9.17, 15) is 4.39 Å². The molecule has 4 heteroatoms. The average Bonchev–Trinajstić information content (AvgIpc) is 2.38. The molecular weight excluding hydrogens is 235 g/mol. The lowest BCUT2D eigenvalue weighted by Crippen LogP contribution is -2.33. The number of anilines is 1. The summed E-state index contributed by atoms with van der Waals surface area (Å²) in [6.45, 7) is 4.18. The summed E-state index contributed by atoms with van der Waals surface area (Å²) in [5, 5.41) is 3.19. The summed E-state index contributed by atoms with van der Waals surface area (Å²) in [5.74, 6) is 2.16. The van der Waals surface area contributed by atoms with Crippen LogP contribution in [0.3, 0.4) is 0 Å². The van der Waals surface area contributed by atoms with Gasteiger partial charge in [-0.15, -0.1) is 0 Å². The van der Waals surface area contributed by atoms with E-state index in [4.69, 9.17) is 0 Å². The first-order valence-corrected chi connectivity index (χ1v) is 7.17. The number of nitrogens with one attached hydrogen (secondary N) is 1.